The van der Waals surface area contributed by atoms with Crippen molar-refractivity contribution in [2.45, 2.75) is 24.2 Å². The van der Waals surface area contributed by atoms with Gasteiger partial charge in [-0.1, -0.05) is 17.7 Å². The van der Waals surface area contributed by atoms with E-state index in [2.05, 4.69) is 4.90 Å². The molecule has 2 aliphatic rings. The van der Waals surface area contributed by atoms with Gasteiger partial charge in [0.25, 0.3) is 0 Å². The Hall–Kier alpha value is -2.20. The highest BCUT2D eigenvalue weighted by molar-refractivity contribution is 7.89. The average molecular weight is 524 g/mol. The first-order valence-corrected chi connectivity index (χ1v) is 13.6. The van der Waals surface area contributed by atoms with Gasteiger partial charge in [-0.15, -0.1) is 0 Å². The van der Waals surface area contributed by atoms with Crippen molar-refractivity contribution in [3.05, 3.63) is 59.4 Å². The van der Waals surface area contributed by atoms with Crippen LogP contribution in [0.3, 0.4) is 0 Å². The number of carbonyl (C=O) groups is 1. The van der Waals surface area contributed by atoms with Crippen molar-refractivity contribution in [3.8, 4) is 5.75 Å². The number of nitrogens with zero attached hydrogens (tertiary/aromatic N) is 3. The fourth-order valence-electron chi connectivity index (χ4n) is 4.71. The van der Waals surface area contributed by atoms with Gasteiger partial charge >= 0.3 is 0 Å². The molecule has 0 aliphatic carbocycles. The van der Waals surface area contributed by atoms with E-state index in [-0.39, 0.29) is 30.4 Å². The third-order valence-electron chi connectivity index (χ3n) is 6.80. The number of carbonyl (C=O) groups excluding carboxylic acids is 1. The molecule has 0 bridgehead atoms. The number of sulfonamides is 1. The van der Waals surface area contributed by atoms with E-state index in [0.717, 1.165) is 19.2 Å². The number of hydrogen-bond acceptors (Lipinski definition) is 5. The summed E-state index contributed by atoms with van der Waals surface area (Å²) in [5.41, 5.74) is -0.710. The maximum Gasteiger partial charge on any atom is 0.243 e. The van der Waals surface area contributed by atoms with Gasteiger partial charge in [-0.3, -0.25) is 4.79 Å². The van der Waals surface area contributed by atoms with Crippen molar-refractivity contribution in [1.29, 1.82) is 0 Å². The molecule has 0 aromatic heterocycles. The number of ether oxygens (including phenoxy) is 1. The number of rotatable bonds is 7. The first-order chi connectivity index (χ1) is 16.7. The van der Waals surface area contributed by atoms with Gasteiger partial charge in [-0.2, -0.15) is 4.31 Å². The molecule has 0 saturated carbocycles. The molecule has 2 fully saturated rings. The predicted molar refractivity (Wildman–Crippen MR) is 132 cm³/mol. The van der Waals surface area contributed by atoms with E-state index in [1.165, 1.54) is 22.5 Å². The molecule has 35 heavy (non-hydrogen) atoms. The van der Waals surface area contributed by atoms with Gasteiger partial charge in [0.15, 0.2) is 0 Å². The van der Waals surface area contributed by atoms with Gasteiger partial charge in [0.2, 0.25) is 15.9 Å². The van der Waals surface area contributed by atoms with Gasteiger partial charge < -0.3 is 14.5 Å². The van der Waals surface area contributed by atoms with E-state index in [1.54, 1.807) is 24.3 Å². The average Bonchev–Trinajstić information content (AvgIpc) is 2.84. The highest BCUT2D eigenvalue weighted by Gasteiger charge is 2.43. The standard InChI is InChI=1S/C25H31ClFN3O4S/c1-28-12-14-29(15-13-28)24(31)17-25(19-34-22-8-6-20(26)7-9-22)10-3-11-30(18-25)35(32,33)23-5-2-4-21(27)16-23/h2,4-9,16H,3,10-15,17-19H2,1H3/t25-/m1/s1. The smallest absolute Gasteiger partial charge is 0.243 e. The van der Waals surface area contributed by atoms with Crippen LogP contribution in [0.2, 0.25) is 5.02 Å². The Morgan fingerprint density at radius 3 is 2.49 bits per heavy atom. The Labute approximate surface area is 211 Å². The van der Waals surface area contributed by atoms with Crippen LogP contribution in [0.4, 0.5) is 4.39 Å². The van der Waals surface area contributed by atoms with Crippen molar-refractivity contribution >= 4 is 27.5 Å². The second-order valence-electron chi connectivity index (χ2n) is 9.50. The lowest BCUT2D eigenvalue weighted by atomic mass is 9.78. The van der Waals surface area contributed by atoms with E-state index in [9.17, 15) is 17.6 Å². The summed E-state index contributed by atoms with van der Waals surface area (Å²) in [7, 11) is -1.90. The fraction of sp³-hybridized carbons (Fsp3) is 0.480. The maximum atomic E-state index is 13.8. The third-order valence-corrected chi connectivity index (χ3v) is 8.89. The molecule has 4 rings (SSSR count). The quantitative estimate of drug-likeness (QED) is 0.555. The van der Waals surface area contributed by atoms with E-state index < -0.39 is 21.3 Å². The summed E-state index contributed by atoms with van der Waals surface area (Å²) in [6, 6.07) is 12.0. The highest BCUT2D eigenvalue weighted by atomic mass is 35.5. The molecular formula is C25H31ClFN3O4S. The van der Waals surface area contributed by atoms with Crippen LogP contribution in [0.5, 0.6) is 5.75 Å². The van der Waals surface area contributed by atoms with Crippen LogP contribution in [0.25, 0.3) is 0 Å². The SMILES string of the molecule is CN1CCN(C(=O)C[C@]2(COc3ccc(Cl)cc3)CCCN(S(=O)(=O)c3cccc(F)c3)C2)CC1. The zero-order chi connectivity index (χ0) is 25.1. The summed E-state index contributed by atoms with van der Waals surface area (Å²) < 4.78 is 48.0. The molecule has 0 radical (unpaired) electrons. The van der Waals surface area contributed by atoms with E-state index in [1.807, 2.05) is 11.9 Å². The molecule has 0 unspecified atom stereocenters. The lowest BCUT2D eigenvalue weighted by Crippen LogP contribution is -2.53. The van der Waals surface area contributed by atoms with Gasteiger partial charge in [-0.25, -0.2) is 12.8 Å². The van der Waals surface area contributed by atoms with Crippen molar-refractivity contribution < 1.29 is 22.3 Å². The van der Waals surface area contributed by atoms with Crippen LogP contribution in [-0.4, -0.2) is 81.4 Å². The van der Waals surface area contributed by atoms with E-state index >= 15 is 0 Å². The van der Waals surface area contributed by atoms with Gasteiger partial charge in [0.05, 0.1) is 11.5 Å². The van der Waals surface area contributed by atoms with Crippen molar-refractivity contribution in [1.82, 2.24) is 14.1 Å². The van der Waals surface area contributed by atoms with Crippen LogP contribution in [0.1, 0.15) is 19.3 Å². The van der Waals surface area contributed by atoms with Gasteiger partial charge in [0.1, 0.15) is 11.6 Å². The van der Waals surface area contributed by atoms with Crippen LogP contribution in [0, 0.1) is 11.2 Å². The molecule has 1 atom stereocenters. The Morgan fingerprint density at radius 1 is 1.09 bits per heavy atom. The molecule has 1 amide bonds. The topological polar surface area (TPSA) is 70.2 Å². The molecule has 2 heterocycles. The Bertz CT molecular complexity index is 1140. The lowest BCUT2D eigenvalue weighted by Gasteiger charge is -2.43. The summed E-state index contributed by atoms with van der Waals surface area (Å²) in [4.78, 5) is 17.3. The monoisotopic (exact) mass is 523 g/mol. The first-order valence-electron chi connectivity index (χ1n) is 11.8. The summed E-state index contributed by atoms with van der Waals surface area (Å²) in [6.45, 7) is 3.52. The minimum absolute atomic E-state index is 0.00260. The minimum atomic E-state index is -3.92. The van der Waals surface area contributed by atoms with Crippen LogP contribution in [-0.2, 0) is 14.8 Å². The van der Waals surface area contributed by atoms with Gasteiger partial charge in [-0.05, 0) is 62.4 Å². The van der Waals surface area contributed by atoms with Crippen LogP contribution >= 0.6 is 11.6 Å². The second kappa shape index (κ2) is 10.8. The second-order valence-corrected chi connectivity index (χ2v) is 11.9. The van der Waals surface area contributed by atoms with Crippen molar-refractivity contribution in [2.24, 2.45) is 5.41 Å². The molecular weight excluding hydrogens is 493 g/mol. The fourth-order valence-corrected chi connectivity index (χ4v) is 6.46. The first kappa shape index (κ1) is 25.9. The largest absolute Gasteiger partial charge is 0.493 e. The lowest BCUT2D eigenvalue weighted by molar-refractivity contribution is -0.136. The summed E-state index contributed by atoms with van der Waals surface area (Å²) >= 11 is 5.98. The number of benzene rings is 2. The van der Waals surface area contributed by atoms with Crippen molar-refractivity contribution in [3.63, 3.8) is 0 Å². The van der Waals surface area contributed by atoms with E-state index in [0.29, 0.717) is 43.2 Å². The summed E-state index contributed by atoms with van der Waals surface area (Å²) in [6.07, 6.45) is 1.41. The molecule has 2 saturated heterocycles. The number of likely N-dealkylation sites (N-methyl/N-ethyl adjacent to an activating group) is 1. The molecule has 2 aromatic rings. The van der Waals surface area contributed by atoms with Crippen LogP contribution < -0.4 is 4.74 Å². The molecule has 2 aromatic carbocycles. The summed E-state index contributed by atoms with van der Waals surface area (Å²) in [5, 5.41) is 0.585. The molecule has 2 aliphatic heterocycles. The van der Waals surface area contributed by atoms with Crippen LogP contribution in [0.15, 0.2) is 53.4 Å². The Morgan fingerprint density at radius 2 is 1.80 bits per heavy atom. The van der Waals surface area contributed by atoms with Crippen molar-refractivity contribution in [2.75, 3.05) is 52.9 Å². The number of piperidine rings is 1. The summed E-state index contributed by atoms with van der Waals surface area (Å²) in [5.74, 6) is -0.000550. The molecule has 0 spiro atoms. The maximum absolute atomic E-state index is 13.8. The molecule has 190 valence electrons. The number of halogens is 2. The Balaban J connectivity index is 1.57. The molecule has 10 heteroatoms. The zero-order valence-corrected chi connectivity index (χ0v) is 21.4. The third kappa shape index (κ3) is 6.33. The van der Waals surface area contributed by atoms with Gasteiger partial charge in [0, 0.05) is 56.1 Å². The number of amides is 1. The predicted octanol–water partition coefficient (Wildman–Crippen LogP) is 3.49. The van der Waals surface area contributed by atoms with E-state index in [4.69, 9.17) is 16.3 Å². The number of hydrogen-bond donors (Lipinski definition) is 0. The number of piperazine rings is 1. The Kier molecular flexibility index (Phi) is 8.00. The molecule has 0 N–H and O–H groups in total. The minimum Gasteiger partial charge on any atom is -0.493 e. The highest BCUT2D eigenvalue weighted by Crippen LogP contribution is 2.37. The zero-order valence-electron chi connectivity index (χ0n) is 19.8. The normalized spacial score (nSPS) is 22.2. The molecule has 7 nitrogen and oxygen atoms in total.